The Morgan fingerprint density at radius 3 is 2.04 bits per heavy atom. The van der Waals surface area contributed by atoms with Crippen molar-refractivity contribution in [2.24, 2.45) is 0 Å². The van der Waals surface area contributed by atoms with E-state index in [-0.39, 0.29) is 19.3 Å². The van der Waals surface area contributed by atoms with Crippen LogP contribution < -0.4 is 5.19 Å². The summed E-state index contributed by atoms with van der Waals surface area (Å²) in [6.45, 7) is 9.11. The molecule has 2 amide bonds. The number of rotatable bonds is 7. The summed E-state index contributed by atoms with van der Waals surface area (Å²) in [5.74, 6) is -1.44. The van der Waals surface area contributed by atoms with Gasteiger partial charge in [0.05, 0.1) is 15.2 Å². The molecule has 1 aromatic carbocycles. The lowest BCUT2D eigenvalue weighted by molar-refractivity contribution is -0.197. The predicted octanol–water partition coefficient (Wildman–Crippen LogP) is 2.75. The summed E-state index contributed by atoms with van der Waals surface area (Å²) >= 11 is 0. The first-order valence-corrected chi connectivity index (χ1v) is 10.5. The molecule has 1 saturated heterocycles. The molecule has 25 heavy (non-hydrogen) atoms. The summed E-state index contributed by atoms with van der Waals surface area (Å²) in [6, 6.07) is 8.46. The summed E-state index contributed by atoms with van der Waals surface area (Å²) in [7, 11) is -0.604. The molecule has 0 aliphatic carbocycles. The zero-order valence-corrected chi connectivity index (χ0v) is 16.4. The Morgan fingerprint density at radius 2 is 1.56 bits per heavy atom. The molecule has 6 heteroatoms. The molecule has 0 N–H and O–H groups in total. The van der Waals surface area contributed by atoms with E-state index in [9.17, 15) is 14.4 Å². The molecular weight excluding hydrogens is 334 g/mol. The van der Waals surface area contributed by atoms with E-state index in [1.54, 1.807) is 0 Å². The number of carbonyl (C=O) groups excluding carboxylic acids is 3. The van der Waals surface area contributed by atoms with Gasteiger partial charge in [-0.2, -0.15) is 0 Å². The van der Waals surface area contributed by atoms with Crippen LogP contribution in [0.25, 0.3) is 0 Å². The number of nitrogens with zero attached hydrogens (tertiary/aromatic N) is 1. The lowest BCUT2D eigenvalue weighted by Gasteiger charge is -2.23. The Morgan fingerprint density at radius 1 is 1.04 bits per heavy atom. The highest BCUT2D eigenvalue weighted by atomic mass is 28.3. The molecule has 135 valence electrons. The highest BCUT2D eigenvalue weighted by Crippen LogP contribution is 2.20. The van der Waals surface area contributed by atoms with Gasteiger partial charge < -0.3 is 4.84 Å². The van der Waals surface area contributed by atoms with E-state index < -0.39 is 26.6 Å². The van der Waals surface area contributed by atoms with Gasteiger partial charge >= 0.3 is 5.97 Å². The van der Waals surface area contributed by atoms with Gasteiger partial charge in [-0.25, -0.2) is 4.79 Å². The fourth-order valence-electron chi connectivity index (χ4n) is 3.25. The smallest absolute Gasteiger partial charge is 0.330 e. The monoisotopic (exact) mass is 360 g/mol. The van der Waals surface area contributed by atoms with Gasteiger partial charge in [-0.15, -0.1) is 5.06 Å². The highest BCUT2D eigenvalue weighted by molar-refractivity contribution is 6.75. The standard InChI is InChI=1S/C19H26NO4Si/c1-13(2)25(14(3)4)16-8-5-15(6-9-16)7-12-19(23)24-20-17(21)10-11-18(20)22/h5-6,8-9,13-14H,7,10-12H2,1-4H3. The summed E-state index contributed by atoms with van der Waals surface area (Å²) in [5.41, 5.74) is 2.39. The van der Waals surface area contributed by atoms with E-state index in [4.69, 9.17) is 4.84 Å². The second-order valence-electron chi connectivity index (χ2n) is 7.01. The Hall–Kier alpha value is -1.95. The van der Waals surface area contributed by atoms with Crippen LogP contribution in [-0.2, 0) is 25.6 Å². The topological polar surface area (TPSA) is 63.7 Å². The van der Waals surface area contributed by atoms with Crippen molar-refractivity contribution in [2.75, 3.05) is 0 Å². The first kappa shape index (κ1) is 19.4. The van der Waals surface area contributed by atoms with Gasteiger partial charge in [-0.3, -0.25) is 9.59 Å². The van der Waals surface area contributed by atoms with Crippen molar-refractivity contribution in [3.8, 4) is 0 Å². The molecule has 0 spiro atoms. The third-order valence-electron chi connectivity index (χ3n) is 4.35. The number of aryl methyl sites for hydroxylation is 1. The molecule has 1 heterocycles. The van der Waals surface area contributed by atoms with E-state index in [0.29, 0.717) is 22.6 Å². The largest absolute Gasteiger partial charge is 0.333 e. The van der Waals surface area contributed by atoms with Crippen LogP contribution in [-0.4, -0.2) is 31.6 Å². The molecule has 1 radical (unpaired) electrons. The third-order valence-corrected chi connectivity index (χ3v) is 7.84. The number of hydroxylamine groups is 2. The number of benzene rings is 1. The van der Waals surface area contributed by atoms with Gasteiger partial charge in [0.2, 0.25) is 0 Å². The maximum absolute atomic E-state index is 11.9. The van der Waals surface area contributed by atoms with Crippen LogP contribution in [0.3, 0.4) is 0 Å². The van der Waals surface area contributed by atoms with Crippen LogP contribution in [0.15, 0.2) is 24.3 Å². The second kappa shape index (κ2) is 8.42. The molecule has 0 aromatic heterocycles. The fraction of sp³-hybridized carbons (Fsp3) is 0.526. The lowest BCUT2D eigenvalue weighted by Crippen LogP contribution is -2.35. The first-order chi connectivity index (χ1) is 11.8. The molecule has 0 bridgehead atoms. The molecule has 0 saturated carbocycles. The van der Waals surface area contributed by atoms with Crippen molar-refractivity contribution >= 4 is 31.8 Å². The lowest BCUT2D eigenvalue weighted by atomic mass is 10.1. The SMILES string of the molecule is CC(C)[Si](c1ccc(CCC(=O)ON2C(=O)CCC2=O)cc1)C(C)C. The van der Waals surface area contributed by atoms with E-state index in [2.05, 4.69) is 52.0 Å². The van der Waals surface area contributed by atoms with Crippen molar-refractivity contribution in [1.82, 2.24) is 5.06 Å². The van der Waals surface area contributed by atoms with E-state index in [0.717, 1.165) is 5.56 Å². The summed E-state index contributed by atoms with van der Waals surface area (Å²) in [4.78, 5) is 39.6. The van der Waals surface area contributed by atoms with Crippen LogP contribution in [0.2, 0.25) is 11.1 Å². The van der Waals surface area contributed by atoms with Crippen LogP contribution in [0.1, 0.15) is 52.5 Å². The number of hydrogen-bond acceptors (Lipinski definition) is 4. The number of amides is 2. The van der Waals surface area contributed by atoms with E-state index >= 15 is 0 Å². The van der Waals surface area contributed by atoms with Gasteiger partial charge in [-0.1, -0.05) is 57.1 Å². The number of imide groups is 1. The Kier molecular flexibility index (Phi) is 6.53. The molecule has 1 aliphatic rings. The van der Waals surface area contributed by atoms with Crippen LogP contribution >= 0.6 is 0 Å². The quantitative estimate of drug-likeness (QED) is 0.554. The minimum atomic E-state index is -0.604. The van der Waals surface area contributed by atoms with Crippen LogP contribution in [0.4, 0.5) is 0 Å². The van der Waals surface area contributed by atoms with Gasteiger partial charge in [0.25, 0.3) is 11.8 Å². The molecular formula is C19H26NO4Si. The normalized spacial score (nSPS) is 14.9. The summed E-state index contributed by atoms with van der Waals surface area (Å²) in [6.07, 6.45) is 0.899. The van der Waals surface area contributed by atoms with Gasteiger partial charge in [-0.05, 0) is 23.1 Å². The summed E-state index contributed by atoms with van der Waals surface area (Å²) in [5, 5.41) is 2.01. The van der Waals surface area contributed by atoms with E-state index in [1.807, 2.05) is 0 Å². The summed E-state index contributed by atoms with van der Waals surface area (Å²) < 4.78 is 0. The van der Waals surface area contributed by atoms with Crippen LogP contribution in [0, 0.1) is 0 Å². The van der Waals surface area contributed by atoms with Gasteiger partial charge in [0, 0.05) is 12.8 Å². The molecule has 1 aliphatic heterocycles. The maximum atomic E-state index is 11.9. The van der Waals surface area contributed by atoms with Crippen molar-refractivity contribution in [2.45, 2.75) is 64.5 Å². The van der Waals surface area contributed by atoms with E-state index in [1.165, 1.54) is 5.19 Å². The van der Waals surface area contributed by atoms with Crippen molar-refractivity contribution in [3.63, 3.8) is 0 Å². The van der Waals surface area contributed by atoms with Crippen molar-refractivity contribution in [1.29, 1.82) is 0 Å². The fourth-order valence-corrected chi connectivity index (χ4v) is 6.47. The average Bonchev–Trinajstić information content (AvgIpc) is 2.85. The van der Waals surface area contributed by atoms with Gasteiger partial charge in [0.1, 0.15) is 0 Å². The molecule has 1 aromatic rings. The molecule has 0 unspecified atom stereocenters. The first-order valence-electron chi connectivity index (χ1n) is 8.82. The Bertz CT molecular complexity index is 615. The van der Waals surface area contributed by atoms with Crippen molar-refractivity contribution < 1.29 is 19.2 Å². The Labute approximate surface area is 150 Å². The third kappa shape index (κ3) is 5.01. The minimum Gasteiger partial charge on any atom is -0.330 e. The zero-order chi connectivity index (χ0) is 18.6. The average molecular weight is 361 g/mol. The minimum absolute atomic E-state index is 0.114. The predicted molar refractivity (Wildman–Crippen MR) is 97.5 cm³/mol. The molecule has 1 fully saturated rings. The highest BCUT2D eigenvalue weighted by Gasteiger charge is 2.32. The molecule has 2 rings (SSSR count). The maximum Gasteiger partial charge on any atom is 0.333 e. The second-order valence-corrected chi connectivity index (χ2v) is 10.8. The Balaban J connectivity index is 1.90. The molecule has 5 nitrogen and oxygen atoms in total. The van der Waals surface area contributed by atoms with Crippen LogP contribution in [0.5, 0.6) is 0 Å². The number of hydrogen-bond donors (Lipinski definition) is 0. The molecule has 0 atom stereocenters. The van der Waals surface area contributed by atoms with Crippen molar-refractivity contribution in [3.05, 3.63) is 29.8 Å². The zero-order valence-electron chi connectivity index (χ0n) is 15.4. The van der Waals surface area contributed by atoms with Gasteiger partial charge in [0.15, 0.2) is 0 Å². The number of carbonyl (C=O) groups is 3.